The number of benzene rings is 1. The first kappa shape index (κ1) is 18.7. The summed E-state index contributed by atoms with van der Waals surface area (Å²) in [5, 5.41) is 12.8. The summed E-state index contributed by atoms with van der Waals surface area (Å²) >= 11 is 0. The normalized spacial score (nSPS) is 17.4. The molecular weight excluding hydrogens is 371 g/mol. The summed E-state index contributed by atoms with van der Waals surface area (Å²) in [4.78, 5) is 20.8. The highest BCUT2D eigenvalue weighted by molar-refractivity contribution is 5.91. The Balaban J connectivity index is 1.58. The van der Waals surface area contributed by atoms with Gasteiger partial charge in [0.05, 0.1) is 11.1 Å². The zero-order valence-electron chi connectivity index (χ0n) is 16.2. The standard InChI is InChI=1S/C20H21FN8/c1-13-9-23-18-17(13)19(26-12-25-18)29-8-7-28(10-14(29)2)20(24-11-22)27-16-5-3-15(21)4-6-16/h3-6,9,12,14H,7-8,10H2,1-2H3,(H,24,27)(H,23,25,26)/t14-/m0/s1. The number of hydrogen-bond donors (Lipinski definition) is 2. The maximum atomic E-state index is 13.2. The van der Waals surface area contributed by atoms with Crippen molar-refractivity contribution in [3.8, 4) is 6.19 Å². The molecule has 0 aliphatic carbocycles. The number of aryl methyl sites for hydroxylation is 1. The second-order valence-corrected chi connectivity index (χ2v) is 7.03. The minimum absolute atomic E-state index is 0.134. The van der Waals surface area contributed by atoms with Gasteiger partial charge in [0.15, 0.2) is 6.19 Å². The van der Waals surface area contributed by atoms with Crippen LogP contribution >= 0.6 is 0 Å². The third kappa shape index (κ3) is 3.69. The van der Waals surface area contributed by atoms with Crippen molar-refractivity contribution in [2.75, 3.05) is 24.5 Å². The Bertz CT molecular complexity index is 1080. The van der Waals surface area contributed by atoms with Crippen LogP contribution in [0, 0.1) is 24.2 Å². The van der Waals surface area contributed by atoms with Crippen LogP contribution in [0.5, 0.6) is 0 Å². The van der Waals surface area contributed by atoms with Crippen molar-refractivity contribution in [3.63, 3.8) is 0 Å². The molecule has 2 N–H and O–H groups in total. The molecule has 1 aliphatic rings. The number of guanidine groups is 1. The summed E-state index contributed by atoms with van der Waals surface area (Å²) in [7, 11) is 0. The van der Waals surface area contributed by atoms with Gasteiger partial charge in [-0.25, -0.2) is 19.4 Å². The van der Waals surface area contributed by atoms with E-state index in [1.807, 2.05) is 24.2 Å². The highest BCUT2D eigenvalue weighted by Gasteiger charge is 2.28. The maximum absolute atomic E-state index is 13.2. The van der Waals surface area contributed by atoms with Gasteiger partial charge in [-0.1, -0.05) is 0 Å². The molecule has 1 atom stereocenters. The van der Waals surface area contributed by atoms with Gasteiger partial charge >= 0.3 is 0 Å². The van der Waals surface area contributed by atoms with Gasteiger partial charge in [-0.05, 0) is 43.7 Å². The number of aromatic amines is 1. The highest BCUT2D eigenvalue weighted by Crippen LogP contribution is 2.28. The number of aliphatic imine (C=N–C) groups is 1. The number of anilines is 1. The first-order valence-corrected chi connectivity index (χ1v) is 9.36. The van der Waals surface area contributed by atoms with Crippen LogP contribution in [0.3, 0.4) is 0 Å². The van der Waals surface area contributed by atoms with Crippen LogP contribution in [0.15, 0.2) is 41.8 Å². The molecule has 9 heteroatoms. The average molecular weight is 392 g/mol. The number of H-pyrrole nitrogens is 1. The molecule has 0 radical (unpaired) electrons. The Morgan fingerprint density at radius 3 is 2.83 bits per heavy atom. The lowest BCUT2D eigenvalue weighted by Gasteiger charge is -2.41. The van der Waals surface area contributed by atoms with E-state index in [0.29, 0.717) is 31.3 Å². The Morgan fingerprint density at radius 2 is 2.10 bits per heavy atom. The molecule has 3 heterocycles. The number of piperazine rings is 1. The van der Waals surface area contributed by atoms with Gasteiger partial charge in [-0.2, -0.15) is 5.26 Å². The minimum atomic E-state index is -0.322. The predicted molar refractivity (Wildman–Crippen MR) is 109 cm³/mol. The number of rotatable bonds is 2. The van der Waals surface area contributed by atoms with Crippen LogP contribution in [0.1, 0.15) is 12.5 Å². The minimum Gasteiger partial charge on any atom is -0.350 e. The van der Waals surface area contributed by atoms with E-state index >= 15 is 0 Å². The quantitative estimate of drug-likeness (QED) is 0.301. The molecule has 1 aliphatic heterocycles. The van der Waals surface area contributed by atoms with Crippen molar-refractivity contribution < 1.29 is 4.39 Å². The lowest BCUT2D eigenvalue weighted by atomic mass is 10.1. The van der Waals surface area contributed by atoms with Crippen LogP contribution in [-0.2, 0) is 0 Å². The summed E-state index contributed by atoms with van der Waals surface area (Å²) in [5.74, 6) is 1.04. The van der Waals surface area contributed by atoms with E-state index in [9.17, 15) is 4.39 Å². The number of hydrogen-bond acceptors (Lipinski definition) is 5. The molecule has 0 saturated carbocycles. The third-order valence-electron chi connectivity index (χ3n) is 5.08. The smallest absolute Gasteiger partial charge is 0.212 e. The summed E-state index contributed by atoms with van der Waals surface area (Å²) in [6.07, 6.45) is 5.46. The summed E-state index contributed by atoms with van der Waals surface area (Å²) < 4.78 is 13.2. The van der Waals surface area contributed by atoms with E-state index in [0.717, 1.165) is 22.4 Å². The summed E-state index contributed by atoms with van der Waals surface area (Å²) in [5.41, 5.74) is 2.52. The topological polar surface area (TPSA) is 96.2 Å². The van der Waals surface area contributed by atoms with Gasteiger partial charge in [0.25, 0.3) is 0 Å². The zero-order valence-corrected chi connectivity index (χ0v) is 16.2. The van der Waals surface area contributed by atoms with Crippen molar-refractivity contribution in [3.05, 3.63) is 48.2 Å². The maximum Gasteiger partial charge on any atom is 0.212 e. The van der Waals surface area contributed by atoms with E-state index in [4.69, 9.17) is 5.26 Å². The fraction of sp³-hybridized carbons (Fsp3) is 0.300. The van der Waals surface area contributed by atoms with Gasteiger partial charge in [-0.15, -0.1) is 0 Å². The van der Waals surface area contributed by atoms with Gasteiger partial charge in [0.1, 0.15) is 23.6 Å². The van der Waals surface area contributed by atoms with Crippen LogP contribution in [0.4, 0.5) is 15.9 Å². The van der Waals surface area contributed by atoms with Gasteiger partial charge < -0.3 is 14.8 Å². The molecule has 2 aromatic heterocycles. The first-order chi connectivity index (χ1) is 14.1. The molecular formula is C20H21FN8. The van der Waals surface area contributed by atoms with Crippen molar-refractivity contribution >= 4 is 28.5 Å². The predicted octanol–water partition coefficient (Wildman–Crippen LogP) is 2.67. The molecule has 0 unspecified atom stereocenters. The SMILES string of the molecule is Cc1c[nH]c2ncnc(N3CCN(C(=Nc4ccc(F)cc4)NC#N)C[C@@H]3C)c12. The van der Waals surface area contributed by atoms with Crippen LogP contribution < -0.4 is 10.2 Å². The monoisotopic (exact) mass is 392 g/mol. The molecule has 4 rings (SSSR count). The molecule has 1 aromatic carbocycles. The van der Waals surface area contributed by atoms with Crippen molar-refractivity contribution in [2.24, 2.45) is 4.99 Å². The number of nitrogens with zero attached hydrogens (tertiary/aromatic N) is 6. The van der Waals surface area contributed by atoms with E-state index in [1.165, 1.54) is 12.1 Å². The lowest BCUT2D eigenvalue weighted by molar-refractivity contribution is 0.331. The molecule has 8 nitrogen and oxygen atoms in total. The van der Waals surface area contributed by atoms with E-state index < -0.39 is 0 Å². The summed E-state index contributed by atoms with van der Waals surface area (Å²) in [6, 6.07) is 6.00. The molecule has 0 amide bonds. The zero-order chi connectivity index (χ0) is 20.4. The largest absolute Gasteiger partial charge is 0.350 e. The molecule has 29 heavy (non-hydrogen) atoms. The molecule has 1 saturated heterocycles. The average Bonchev–Trinajstić information content (AvgIpc) is 3.10. The van der Waals surface area contributed by atoms with E-state index in [1.54, 1.807) is 18.5 Å². The number of aromatic nitrogens is 3. The highest BCUT2D eigenvalue weighted by atomic mass is 19.1. The van der Waals surface area contributed by atoms with Crippen molar-refractivity contribution in [1.29, 1.82) is 5.26 Å². The Hall–Kier alpha value is -3.67. The Labute approximate surface area is 167 Å². The van der Waals surface area contributed by atoms with E-state index in [-0.39, 0.29) is 11.9 Å². The van der Waals surface area contributed by atoms with Crippen molar-refractivity contribution in [2.45, 2.75) is 19.9 Å². The number of halogens is 1. The molecule has 1 fully saturated rings. The number of nitrogens with one attached hydrogen (secondary N) is 2. The van der Waals surface area contributed by atoms with Gasteiger partial charge in [0, 0.05) is 31.9 Å². The van der Waals surface area contributed by atoms with Gasteiger partial charge in [0.2, 0.25) is 5.96 Å². The van der Waals surface area contributed by atoms with Crippen LogP contribution in [0.25, 0.3) is 11.0 Å². The molecule has 3 aromatic rings. The Kier molecular flexibility index (Phi) is 4.99. The lowest BCUT2D eigenvalue weighted by Crippen LogP contribution is -2.56. The van der Waals surface area contributed by atoms with E-state index in [2.05, 4.69) is 37.1 Å². The number of fused-ring (bicyclic) bond motifs is 1. The second-order valence-electron chi connectivity index (χ2n) is 7.03. The second kappa shape index (κ2) is 7.75. The first-order valence-electron chi connectivity index (χ1n) is 9.36. The fourth-order valence-electron chi connectivity index (χ4n) is 3.65. The van der Waals surface area contributed by atoms with Crippen LogP contribution in [-0.4, -0.2) is 51.5 Å². The Morgan fingerprint density at radius 1 is 1.31 bits per heavy atom. The van der Waals surface area contributed by atoms with Crippen molar-refractivity contribution in [1.82, 2.24) is 25.2 Å². The van der Waals surface area contributed by atoms with Gasteiger partial charge in [-0.3, -0.25) is 5.32 Å². The molecule has 0 spiro atoms. The van der Waals surface area contributed by atoms with Crippen LogP contribution in [0.2, 0.25) is 0 Å². The summed E-state index contributed by atoms with van der Waals surface area (Å²) in [6.45, 7) is 6.19. The molecule has 0 bridgehead atoms. The number of nitriles is 1. The third-order valence-corrected chi connectivity index (χ3v) is 5.08. The molecule has 148 valence electrons. The fourth-order valence-corrected chi connectivity index (χ4v) is 3.65.